The van der Waals surface area contributed by atoms with Gasteiger partial charge in [-0.1, -0.05) is 110 Å². The van der Waals surface area contributed by atoms with Crippen LogP contribution in [0.25, 0.3) is 0 Å². The number of methoxy groups -OCH3 is 2. The van der Waals surface area contributed by atoms with Crippen LogP contribution in [0.4, 0.5) is 14.4 Å². The molecule has 2 aromatic carbocycles. The summed E-state index contributed by atoms with van der Waals surface area (Å²) in [7, 11) is 7.39. The van der Waals surface area contributed by atoms with Gasteiger partial charge in [0.2, 0.25) is 23.6 Å². The van der Waals surface area contributed by atoms with E-state index in [4.69, 9.17) is 28.5 Å². The average molecular weight is 1260 g/mol. The van der Waals surface area contributed by atoms with Crippen molar-refractivity contribution in [3.8, 4) is 5.75 Å². The minimum atomic E-state index is -1.63. The molecule has 0 bridgehead atoms. The molecular weight excluding hydrogens is 1160 g/mol. The zero-order chi connectivity index (χ0) is 66.5. The second kappa shape index (κ2) is 35.1. The summed E-state index contributed by atoms with van der Waals surface area (Å²) in [6.07, 6.45) is 3.81. The first-order valence-corrected chi connectivity index (χ1v) is 31.3. The van der Waals surface area contributed by atoms with Crippen LogP contribution in [0.2, 0.25) is 0 Å². The molecule has 4 N–H and O–H groups in total. The van der Waals surface area contributed by atoms with Crippen molar-refractivity contribution in [2.24, 2.45) is 23.7 Å². The Hall–Kier alpha value is -7.64. The Morgan fingerprint density at radius 2 is 1.41 bits per heavy atom. The van der Waals surface area contributed by atoms with E-state index >= 15 is 0 Å². The van der Waals surface area contributed by atoms with Crippen molar-refractivity contribution >= 4 is 59.7 Å². The molecule has 2 heterocycles. The van der Waals surface area contributed by atoms with Gasteiger partial charge < -0.3 is 64.3 Å². The number of hydrogen-bond donors (Lipinski definition) is 4. The van der Waals surface area contributed by atoms with Crippen molar-refractivity contribution in [1.29, 1.82) is 0 Å². The third-order valence-corrected chi connectivity index (χ3v) is 17.1. The SMILES string of the molecule is CC[C@H](C)[C@@H]([C@@H](CC(=O)N1CCC[C@H]1[C@H](OC)[C@@H](C)C(=O)N[C@H](C)[C@@H](O)c1ccccc1)OC)N(C)C(=O)[C@H](NC(=O)[C@H](C(C)C)N(C)C(=O)OCc1ccc(OC(=O)NC(CN(C)C(=O)OC2C=CCCCCC2)C(=O)ON2C(=O)CCC2=O)cc1)C(C)C. The maximum atomic E-state index is 14.8. The molecule has 5 rings (SSSR count). The monoisotopic (exact) mass is 1260 g/mol. The lowest BCUT2D eigenvalue weighted by Crippen LogP contribution is -2.60. The molecule has 0 radical (unpaired) electrons. The van der Waals surface area contributed by atoms with E-state index in [0.29, 0.717) is 48.4 Å². The lowest BCUT2D eigenvalue weighted by Gasteiger charge is -2.41. The normalized spacial score (nSPS) is 19.3. The number of likely N-dealkylation sites (tertiary alicyclic amines) is 1. The van der Waals surface area contributed by atoms with Crippen molar-refractivity contribution in [3.05, 3.63) is 77.9 Å². The fourth-order valence-corrected chi connectivity index (χ4v) is 11.7. The molecular formula is C65H96N8O17. The second-order valence-electron chi connectivity index (χ2n) is 24.4. The van der Waals surface area contributed by atoms with Gasteiger partial charge in [-0.2, -0.15) is 0 Å². The van der Waals surface area contributed by atoms with Crippen LogP contribution < -0.4 is 20.7 Å². The highest BCUT2D eigenvalue weighted by Gasteiger charge is 2.44. The molecule has 2 fully saturated rings. The summed E-state index contributed by atoms with van der Waals surface area (Å²) >= 11 is 0. The molecule has 3 aliphatic rings. The number of nitrogens with zero attached hydrogens (tertiary/aromatic N) is 5. The van der Waals surface area contributed by atoms with Gasteiger partial charge in [0.15, 0.2) is 0 Å². The maximum Gasteiger partial charge on any atom is 0.413 e. The van der Waals surface area contributed by atoms with Gasteiger partial charge >= 0.3 is 24.2 Å². The fraction of sp³-hybridized carbons (Fsp3) is 0.631. The number of hydroxylamine groups is 2. The smallest absolute Gasteiger partial charge is 0.413 e. The first-order chi connectivity index (χ1) is 42.7. The van der Waals surface area contributed by atoms with E-state index in [1.807, 2.05) is 44.2 Å². The summed E-state index contributed by atoms with van der Waals surface area (Å²) in [5.41, 5.74) is 1.12. The molecule has 0 aromatic heterocycles. The van der Waals surface area contributed by atoms with Gasteiger partial charge in [0.05, 0.1) is 55.3 Å². The Bertz CT molecular complexity index is 2770. The molecule has 0 spiro atoms. The molecule has 25 heteroatoms. The molecule has 498 valence electrons. The summed E-state index contributed by atoms with van der Waals surface area (Å²) in [5.74, 6) is -6.08. The largest absolute Gasteiger partial charge is 0.445 e. The number of benzene rings is 2. The third kappa shape index (κ3) is 20.2. The predicted octanol–water partition coefficient (Wildman–Crippen LogP) is 6.60. The number of carbonyl (C=O) groups is 10. The Labute approximate surface area is 529 Å². The first-order valence-electron chi connectivity index (χ1n) is 31.3. The highest BCUT2D eigenvalue weighted by molar-refractivity contribution is 6.02. The van der Waals surface area contributed by atoms with Gasteiger partial charge in [-0.3, -0.25) is 33.7 Å². The minimum absolute atomic E-state index is 0.00672. The van der Waals surface area contributed by atoms with Gasteiger partial charge in [0.25, 0.3) is 11.8 Å². The first kappa shape index (κ1) is 73.1. The quantitative estimate of drug-likeness (QED) is 0.0492. The van der Waals surface area contributed by atoms with Crippen LogP contribution in [0.1, 0.15) is 143 Å². The molecule has 90 heavy (non-hydrogen) atoms. The predicted molar refractivity (Wildman–Crippen MR) is 330 cm³/mol. The van der Waals surface area contributed by atoms with E-state index in [2.05, 4.69) is 16.0 Å². The van der Waals surface area contributed by atoms with Gasteiger partial charge in [-0.25, -0.2) is 19.2 Å². The van der Waals surface area contributed by atoms with Crippen molar-refractivity contribution in [2.45, 2.75) is 193 Å². The summed E-state index contributed by atoms with van der Waals surface area (Å²) < 4.78 is 28.7. The van der Waals surface area contributed by atoms with Gasteiger partial charge in [-0.15, -0.1) is 5.06 Å². The Morgan fingerprint density at radius 3 is 2.02 bits per heavy atom. The van der Waals surface area contributed by atoms with Crippen LogP contribution in [0.3, 0.4) is 0 Å². The van der Waals surface area contributed by atoms with E-state index in [9.17, 15) is 53.1 Å². The Balaban J connectivity index is 1.19. The molecule has 25 nitrogen and oxygen atoms in total. The summed E-state index contributed by atoms with van der Waals surface area (Å²) in [5, 5.41) is 19.5. The standard InChI is InChI=1S/C65H96N8O17/c1-14-41(6)56(50(85-12)36-53(76)72-35-23-28-49(72)58(86-13)42(7)59(78)66-43(8)57(77)45-24-19-18-20-25-45)70(10)61(80)54(39(2)3)68-60(79)55(40(4)5)71(11)65(84)87-38-44-29-31-47(32-30-44)88-63(82)67-48(62(81)90-73-51(74)33-34-52(73)75)37-69(9)64(83)89-46-26-21-16-15-17-22-27-46/h18-21,24-26,29-32,39-43,46,48-50,54-58,77H,14-17,22-23,27-28,33-38H2,1-13H3,(H,66,78)(H,67,82)(H,68,79)/t41-,42+,43+,46?,48?,49-,50+,54+,55-,56-,57+,58+/m0/s1. The van der Waals surface area contributed by atoms with Crippen molar-refractivity contribution < 1.29 is 81.6 Å². The van der Waals surface area contributed by atoms with Crippen LogP contribution in [-0.2, 0) is 64.0 Å². The molecule has 2 aliphatic heterocycles. The topological polar surface area (TPSA) is 299 Å². The van der Waals surface area contributed by atoms with Crippen LogP contribution >= 0.6 is 0 Å². The number of carbonyl (C=O) groups excluding carboxylic acids is 10. The van der Waals surface area contributed by atoms with Gasteiger partial charge in [0.1, 0.15) is 36.6 Å². The molecule has 2 saturated heterocycles. The maximum absolute atomic E-state index is 14.8. The van der Waals surface area contributed by atoms with E-state index in [0.717, 1.165) is 35.5 Å². The number of nitrogens with one attached hydrogen (secondary N) is 3. The number of allylic oxidation sites excluding steroid dienone is 1. The van der Waals surface area contributed by atoms with Crippen molar-refractivity contribution in [1.82, 2.24) is 40.6 Å². The second-order valence-corrected chi connectivity index (χ2v) is 24.4. The van der Waals surface area contributed by atoms with Crippen LogP contribution in [0, 0.1) is 23.7 Å². The Kier molecular flexibility index (Phi) is 28.5. The zero-order valence-electron chi connectivity index (χ0n) is 54.5. The van der Waals surface area contributed by atoms with E-state index in [1.165, 1.54) is 57.5 Å². The zero-order valence-corrected chi connectivity index (χ0v) is 54.5. The van der Waals surface area contributed by atoms with Gasteiger partial charge in [-0.05, 0) is 92.5 Å². The molecule has 2 unspecified atom stereocenters. The fourth-order valence-electron chi connectivity index (χ4n) is 11.7. The number of aliphatic hydroxyl groups excluding tert-OH is 1. The highest BCUT2D eigenvalue weighted by atomic mass is 16.7. The number of imide groups is 1. The summed E-state index contributed by atoms with van der Waals surface area (Å²) in [6, 6.07) is 9.37. The number of likely N-dealkylation sites (N-methyl/N-ethyl adjacent to an activating group) is 3. The lowest BCUT2D eigenvalue weighted by molar-refractivity contribution is -0.199. The molecule has 9 amide bonds. The van der Waals surface area contributed by atoms with Gasteiger partial charge in [0, 0.05) is 54.7 Å². The average Bonchev–Trinajstić information content (AvgIpc) is 1.50. The minimum Gasteiger partial charge on any atom is -0.445 e. The summed E-state index contributed by atoms with van der Waals surface area (Å²) in [4.78, 5) is 146. The lowest BCUT2D eigenvalue weighted by atomic mass is 9.89. The van der Waals surface area contributed by atoms with E-state index in [1.54, 1.807) is 65.6 Å². The van der Waals surface area contributed by atoms with Crippen molar-refractivity contribution in [3.63, 3.8) is 0 Å². The summed E-state index contributed by atoms with van der Waals surface area (Å²) in [6.45, 7) is 14.2. The molecule has 2 aromatic rings. The number of rotatable bonds is 29. The molecule has 0 saturated carbocycles. The Morgan fingerprint density at radius 1 is 0.744 bits per heavy atom. The molecule has 12 atom stereocenters. The number of hydrogen-bond acceptors (Lipinski definition) is 17. The highest BCUT2D eigenvalue weighted by Crippen LogP contribution is 2.31. The van der Waals surface area contributed by atoms with Crippen LogP contribution in [-0.4, -0.2) is 192 Å². The third-order valence-electron chi connectivity index (χ3n) is 17.1. The molecule has 1 aliphatic carbocycles. The van der Waals surface area contributed by atoms with Crippen LogP contribution in [0.15, 0.2) is 66.7 Å². The van der Waals surface area contributed by atoms with E-state index in [-0.39, 0.29) is 49.4 Å². The van der Waals surface area contributed by atoms with Crippen LogP contribution in [0.5, 0.6) is 5.75 Å². The number of ether oxygens (including phenoxy) is 5. The number of amides is 9. The van der Waals surface area contributed by atoms with Crippen molar-refractivity contribution in [2.75, 3.05) is 48.5 Å². The van der Waals surface area contributed by atoms with E-state index < -0.39 is 133 Å². The number of aliphatic hydroxyl groups is 1.